The molecule has 0 saturated heterocycles. The van der Waals surface area contributed by atoms with Gasteiger partial charge in [-0.25, -0.2) is 4.98 Å². The summed E-state index contributed by atoms with van der Waals surface area (Å²) in [4.78, 5) is 16.1. The second kappa shape index (κ2) is 5.20. The first kappa shape index (κ1) is 13.1. The predicted octanol–water partition coefficient (Wildman–Crippen LogP) is 2.42. The van der Waals surface area contributed by atoms with Crippen LogP contribution in [0.5, 0.6) is 0 Å². The van der Waals surface area contributed by atoms with Gasteiger partial charge in [0, 0.05) is 18.1 Å². The van der Waals surface area contributed by atoms with E-state index in [1.807, 2.05) is 28.9 Å². The Labute approximate surface area is 124 Å². The van der Waals surface area contributed by atoms with Crippen LogP contribution >= 0.6 is 15.9 Å². The number of rotatable bonds is 3. The van der Waals surface area contributed by atoms with Gasteiger partial charge in [-0.2, -0.15) is 5.10 Å². The molecule has 0 unspecified atom stereocenters. The van der Waals surface area contributed by atoms with Gasteiger partial charge in [-0.15, -0.1) is 0 Å². The van der Waals surface area contributed by atoms with Crippen molar-refractivity contribution in [3.63, 3.8) is 0 Å². The molecule has 0 amide bonds. The second-order valence-corrected chi connectivity index (χ2v) is 5.31. The van der Waals surface area contributed by atoms with Gasteiger partial charge in [-0.05, 0) is 28.9 Å². The van der Waals surface area contributed by atoms with Gasteiger partial charge in [0.1, 0.15) is 4.47 Å². The maximum absolute atomic E-state index is 12.0. The minimum atomic E-state index is -0.102. The summed E-state index contributed by atoms with van der Waals surface area (Å²) in [5.41, 5.74) is 1.86. The van der Waals surface area contributed by atoms with Gasteiger partial charge in [0.05, 0.1) is 24.1 Å². The van der Waals surface area contributed by atoms with Crippen LogP contribution in [0, 0.1) is 0 Å². The van der Waals surface area contributed by atoms with Gasteiger partial charge in [0.2, 0.25) is 0 Å². The third-order valence-corrected chi connectivity index (χ3v) is 3.76. The Morgan fingerprint density at radius 1 is 1.30 bits per heavy atom. The van der Waals surface area contributed by atoms with E-state index in [1.165, 1.54) is 12.5 Å². The van der Waals surface area contributed by atoms with Crippen LogP contribution < -0.4 is 5.56 Å². The van der Waals surface area contributed by atoms with Gasteiger partial charge in [-0.1, -0.05) is 18.2 Å². The first-order chi connectivity index (χ1) is 9.70. The summed E-state index contributed by atoms with van der Waals surface area (Å²) >= 11 is 3.21. The van der Waals surface area contributed by atoms with Crippen molar-refractivity contribution in [2.75, 3.05) is 0 Å². The highest BCUT2D eigenvalue weighted by Crippen LogP contribution is 2.18. The summed E-state index contributed by atoms with van der Waals surface area (Å²) in [6.45, 7) is 3.26. The van der Waals surface area contributed by atoms with E-state index in [-0.39, 0.29) is 5.56 Å². The second-order valence-electron chi connectivity index (χ2n) is 4.45. The van der Waals surface area contributed by atoms with Gasteiger partial charge in [0.25, 0.3) is 5.56 Å². The molecule has 0 aliphatic heterocycles. The van der Waals surface area contributed by atoms with Crippen LogP contribution in [0.4, 0.5) is 0 Å². The highest BCUT2D eigenvalue weighted by Gasteiger charge is 2.11. The molecule has 0 radical (unpaired) electrons. The lowest BCUT2D eigenvalue weighted by atomic mass is 10.2. The molecule has 0 bridgehead atoms. The van der Waals surface area contributed by atoms with E-state index >= 15 is 0 Å². The van der Waals surface area contributed by atoms with Crippen LogP contribution in [0.2, 0.25) is 0 Å². The molecular formula is C14H13BrN4O. The molecule has 0 aliphatic rings. The molecule has 0 saturated carbocycles. The number of aromatic nitrogens is 4. The maximum Gasteiger partial charge on any atom is 0.267 e. The topological polar surface area (TPSA) is 52.7 Å². The summed E-state index contributed by atoms with van der Waals surface area (Å²) in [6.07, 6.45) is 3.04. The molecule has 0 N–H and O–H groups in total. The lowest BCUT2D eigenvalue weighted by Crippen LogP contribution is -2.21. The van der Waals surface area contributed by atoms with Gasteiger partial charge in [0.15, 0.2) is 0 Å². The minimum Gasteiger partial charge on any atom is -0.292 e. The Bertz CT molecular complexity index is 821. The smallest absolute Gasteiger partial charge is 0.267 e. The lowest BCUT2D eigenvalue weighted by Gasteiger charge is -2.03. The van der Waals surface area contributed by atoms with E-state index in [0.717, 1.165) is 23.1 Å². The van der Waals surface area contributed by atoms with Crippen LogP contribution in [-0.2, 0) is 13.1 Å². The van der Waals surface area contributed by atoms with Crippen LogP contribution in [0.1, 0.15) is 12.6 Å². The van der Waals surface area contributed by atoms with E-state index in [4.69, 9.17) is 0 Å². The Morgan fingerprint density at radius 3 is 2.90 bits per heavy atom. The summed E-state index contributed by atoms with van der Waals surface area (Å²) < 4.78 is 3.96. The van der Waals surface area contributed by atoms with Crippen LogP contribution in [0.3, 0.4) is 0 Å². The Balaban J connectivity index is 2.11. The predicted molar refractivity (Wildman–Crippen MR) is 80.7 cm³/mol. The normalized spacial score (nSPS) is 11.1. The first-order valence-corrected chi connectivity index (χ1v) is 7.14. The van der Waals surface area contributed by atoms with Gasteiger partial charge in [-0.3, -0.25) is 14.0 Å². The summed E-state index contributed by atoms with van der Waals surface area (Å²) in [5.74, 6) is 0. The highest BCUT2D eigenvalue weighted by molar-refractivity contribution is 9.10. The van der Waals surface area contributed by atoms with E-state index in [2.05, 4.69) is 32.9 Å². The minimum absolute atomic E-state index is 0.102. The standard InChI is InChI=1S/C14H13BrN4O/c1-2-19-13-6-4-3-5-10(13)12(17-19)8-18-9-16-7-11(15)14(18)20/h3-7,9H,2,8H2,1H3. The zero-order valence-electron chi connectivity index (χ0n) is 11.0. The Morgan fingerprint density at radius 2 is 2.10 bits per heavy atom. The average Bonchev–Trinajstić information content (AvgIpc) is 2.82. The van der Waals surface area contributed by atoms with E-state index in [1.54, 1.807) is 4.57 Å². The van der Waals surface area contributed by atoms with Crippen molar-refractivity contribution in [1.82, 2.24) is 19.3 Å². The van der Waals surface area contributed by atoms with E-state index < -0.39 is 0 Å². The van der Waals surface area contributed by atoms with Crippen LogP contribution in [0.25, 0.3) is 10.9 Å². The van der Waals surface area contributed by atoms with Crippen molar-refractivity contribution in [3.05, 3.63) is 57.3 Å². The highest BCUT2D eigenvalue weighted by atomic mass is 79.9. The molecule has 102 valence electrons. The third kappa shape index (κ3) is 2.16. The molecular weight excluding hydrogens is 320 g/mol. The number of benzene rings is 1. The quantitative estimate of drug-likeness (QED) is 0.740. The molecule has 0 spiro atoms. The molecule has 2 heterocycles. The third-order valence-electron chi connectivity index (χ3n) is 3.21. The largest absolute Gasteiger partial charge is 0.292 e. The number of aryl methyl sites for hydroxylation is 1. The molecule has 0 atom stereocenters. The number of hydrogen-bond donors (Lipinski definition) is 0. The van der Waals surface area contributed by atoms with E-state index in [9.17, 15) is 4.79 Å². The maximum atomic E-state index is 12.0. The van der Waals surface area contributed by atoms with Gasteiger partial charge < -0.3 is 0 Å². The zero-order valence-corrected chi connectivity index (χ0v) is 12.5. The van der Waals surface area contributed by atoms with Crippen molar-refractivity contribution in [3.8, 4) is 0 Å². The molecule has 5 nitrogen and oxygen atoms in total. The lowest BCUT2D eigenvalue weighted by molar-refractivity contribution is 0.643. The molecule has 6 heteroatoms. The number of nitrogens with zero attached hydrogens (tertiary/aromatic N) is 4. The summed E-state index contributed by atoms with van der Waals surface area (Å²) in [7, 11) is 0. The molecule has 3 aromatic rings. The SMILES string of the molecule is CCn1nc(Cn2cncc(Br)c2=O)c2ccccc21. The fourth-order valence-corrected chi connectivity index (χ4v) is 2.60. The number of fused-ring (bicyclic) bond motifs is 1. The van der Waals surface area contributed by atoms with Crippen molar-refractivity contribution >= 4 is 26.8 Å². The molecule has 1 aromatic carbocycles. The Kier molecular flexibility index (Phi) is 3.40. The van der Waals surface area contributed by atoms with Crippen LogP contribution in [0.15, 0.2) is 46.1 Å². The zero-order chi connectivity index (χ0) is 14.1. The number of para-hydroxylation sites is 1. The van der Waals surface area contributed by atoms with Crippen molar-refractivity contribution in [2.45, 2.75) is 20.0 Å². The monoisotopic (exact) mass is 332 g/mol. The summed E-state index contributed by atoms with van der Waals surface area (Å²) in [5, 5.41) is 5.66. The fraction of sp³-hybridized carbons (Fsp3) is 0.214. The van der Waals surface area contributed by atoms with Crippen molar-refractivity contribution < 1.29 is 0 Å². The van der Waals surface area contributed by atoms with Crippen LogP contribution in [-0.4, -0.2) is 19.3 Å². The molecule has 3 rings (SSSR count). The first-order valence-electron chi connectivity index (χ1n) is 6.35. The number of hydrogen-bond acceptors (Lipinski definition) is 3. The fourth-order valence-electron chi connectivity index (χ4n) is 2.25. The molecule has 2 aromatic heterocycles. The average molecular weight is 333 g/mol. The molecule has 20 heavy (non-hydrogen) atoms. The summed E-state index contributed by atoms with van der Waals surface area (Å²) in [6, 6.07) is 8.04. The number of halogens is 1. The Hall–Kier alpha value is -1.95. The van der Waals surface area contributed by atoms with Crippen molar-refractivity contribution in [1.29, 1.82) is 0 Å². The molecule has 0 fully saturated rings. The van der Waals surface area contributed by atoms with E-state index in [0.29, 0.717) is 11.0 Å². The van der Waals surface area contributed by atoms with Gasteiger partial charge >= 0.3 is 0 Å². The van der Waals surface area contributed by atoms with Crippen molar-refractivity contribution in [2.24, 2.45) is 0 Å². The molecule has 0 aliphatic carbocycles.